The fourth-order valence-corrected chi connectivity index (χ4v) is 4.76. The quantitative estimate of drug-likeness (QED) is 0.848. The van der Waals surface area contributed by atoms with Gasteiger partial charge in [-0.1, -0.05) is 19.8 Å². The highest BCUT2D eigenvalue weighted by Crippen LogP contribution is 2.25. The van der Waals surface area contributed by atoms with Gasteiger partial charge in [0.25, 0.3) is 0 Å². The molecule has 3 aliphatic rings. The van der Waals surface area contributed by atoms with E-state index >= 15 is 0 Å². The Morgan fingerprint density at radius 1 is 0.960 bits per heavy atom. The Morgan fingerprint density at radius 3 is 2.40 bits per heavy atom. The maximum absolute atomic E-state index is 12.7. The van der Waals surface area contributed by atoms with E-state index in [0.29, 0.717) is 17.9 Å². The molecule has 0 aromatic rings. The van der Waals surface area contributed by atoms with Crippen molar-refractivity contribution in [1.29, 1.82) is 0 Å². The molecule has 0 spiro atoms. The summed E-state index contributed by atoms with van der Waals surface area (Å²) >= 11 is 0. The van der Waals surface area contributed by atoms with Gasteiger partial charge in [-0.25, -0.2) is 0 Å². The summed E-state index contributed by atoms with van der Waals surface area (Å²) in [6.07, 6.45) is 9.10. The van der Waals surface area contributed by atoms with Crippen molar-refractivity contribution in [2.45, 2.75) is 77.3 Å². The predicted molar refractivity (Wildman–Crippen MR) is 99.1 cm³/mol. The van der Waals surface area contributed by atoms with Gasteiger partial charge in [0.1, 0.15) is 0 Å². The minimum atomic E-state index is -0.136. The standard InChI is InChI=1S/C20H35N3O2/c1-15-8-3-4-10-18(15)21-19(24)16(2)23-13-7-9-17(14-23)20(25)22-11-5-6-12-22/h15-18H,3-14H2,1-2H3,(H,21,24)/t15-,16+,17+,18+/m1/s1. The number of nitrogens with zero attached hydrogens (tertiary/aromatic N) is 2. The van der Waals surface area contributed by atoms with Crippen LogP contribution < -0.4 is 5.32 Å². The lowest BCUT2D eigenvalue weighted by Crippen LogP contribution is -2.54. The summed E-state index contributed by atoms with van der Waals surface area (Å²) in [6.45, 7) is 7.77. The van der Waals surface area contributed by atoms with Crippen LogP contribution in [0.15, 0.2) is 0 Å². The van der Waals surface area contributed by atoms with Crippen molar-refractivity contribution < 1.29 is 9.59 Å². The van der Waals surface area contributed by atoms with Gasteiger partial charge in [-0.3, -0.25) is 14.5 Å². The van der Waals surface area contributed by atoms with E-state index in [1.807, 2.05) is 11.8 Å². The molecule has 5 nitrogen and oxygen atoms in total. The molecule has 3 fully saturated rings. The van der Waals surface area contributed by atoms with Crippen LogP contribution >= 0.6 is 0 Å². The van der Waals surface area contributed by atoms with Crippen molar-refractivity contribution in [3.63, 3.8) is 0 Å². The molecule has 0 aromatic carbocycles. The van der Waals surface area contributed by atoms with Gasteiger partial charge < -0.3 is 10.2 Å². The van der Waals surface area contributed by atoms with E-state index in [1.165, 1.54) is 19.3 Å². The molecule has 5 heteroatoms. The summed E-state index contributed by atoms with van der Waals surface area (Å²) in [6, 6.07) is 0.193. The Kier molecular flexibility index (Phi) is 6.37. The molecular formula is C20H35N3O2. The van der Waals surface area contributed by atoms with Crippen molar-refractivity contribution in [2.24, 2.45) is 11.8 Å². The monoisotopic (exact) mass is 349 g/mol. The van der Waals surface area contributed by atoms with Crippen molar-refractivity contribution in [2.75, 3.05) is 26.2 Å². The highest BCUT2D eigenvalue weighted by molar-refractivity contribution is 5.82. The number of piperidine rings is 1. The van der Waals surface area contributed by atoms with E-state index in [1.54, 1.807) is 0 Å². The summed E-state index contributed by atoms with van der Waals surface area (Å²) in [4.78, 5) is 29.7. The first-order valence-electron chi connectivity index (χ1n) is 10.4. The van der Waals surface area contributed by atoms with Crippen LogP contribution in [0.2, 0.25) is 0 Å². The van der Waals surface area contributed by atoms with Crippen LogP contribution in [0.25, 0.3) is 0 Å². The highest BCUT2D eigenvalue weighted by Gasteiger charge is 2.34. The van der Waals surface area contributed by atoms with Crippen LogP contribution in [-0.4, -0.2) is 59.9 Å². The second-order valence-corrected chi connectivity index (χ2v) is 8.42. The van der Waals surface area contributed by atoms with E-state index in [9.17, 15) is 9.59 Å². The zero-order valence-corrected chi connectivity index (χ0v) is 16.0. The van der Waals surface area contributed by atoms with Crippen molar-refractivity contribution >= 4 is 11.8 Å². The van der Waals surface area contributed by atoms with Gasteiger partial charge in [0.15, 0.2) is 0 Å². The minimum Gasteiger partial charge on any atom is -0.352 e. The SMILES string of the molecule is C[C@@H]1CCCC[C@@H]1NC(=O)[C@H](C)N1CCC[C@H](C(=O)N2CCCC2)C1. The first-order chi connectivity index (χ1) is 12.1. The van der Waals surface area contributed by atoms with Crippen LogP contribution in [0.3, 0.4) is 0 Å². The minimum absolute atomic E-state index is 0.0794. The van der Waals surface area contributed by atoms with Gasteiger partial charge >= 0.3 is 0 Å². The molecule has 2 saturated heterocycles. The van der Waals surface area contributed by atoms with Crippen molar-refractivity contribution in [3.8, 4) is 0 Å². The van der Waals surface area contributed by atoms with E-state index in [0.717, 1.165) is 58.3 Å². The predicted octanol–water partition coefficient (Wildman–Crippen LogP) is 2.40. The van der Waals surface area contributed by atoms with Crippen molar-refractivity contribution in [1.82, 2.24) is 15.1 Å². The third-order valence-corrected chi connectivity index (χ3v) is 6.59. The normalized spacial score (nSPS) is 32.4. The summed E-state index contributed by atoms with van der Waals surface area (Å²) in [7, 11) is 0. The Bertz CT molecular complexity index is 476. The first kappa shape index (κ1) is 18.7. The second kappa shape index (κ2) is 8.52. The Morgan fingerprint density at radius 2 is 1.68 bits per heavy atom. The molecule has 0 unspecified atom stereocenters. The van der Waals surface area contributed by atoms with Crippen LogP contribution in [0.1, 0.15) is 65.2 Å². The van der Waals surface area contributed by atoms with Crippen LogP contribution in [0.4, 0.5) is 0 Å². The van der Waals surface area contributed by atoms with E-state index < -0.39 is 0 Å². The smallest absolute Gasteiger partial charge is 0.237 e. The number of amides is 2. The number of hydrogen-bond acceptors (Lipinski definition) is 3. The van der Waals surface area contributed by atoms with Crippen molar-refractivity contribution in [3.05, 3.63) is 0 Å². The zero-order chi connectivity index (χ0) is 17.8. The number of rotatable bonds is 4. The summed E-state index contributed by atoms with van der Waals surface area (Å²) < 4.78 is 0. The van der Waals surface area contributed by atoms with Gasteiger partial charge in [0.05, 0.1) is 12.0 Å². The Hall–Kier alpha value is -1.10. The molecule has 0 radical (unpaired) electrons. The third-order valence-electron chi connectivity index (χ3n) is 6.59. The van der Waals surface area contributed by atoms with E-state index in [2.05, 4.69) is 17.1 Å². The molecule has 1 N–H and O–H groups in total. The van der Waals surface area contributed by atoms with Crippen LogP contribution in [0.5, 0.6) is 0 Å². The lowest BCUT2D eigenvalue weighted by Gasteiger charge is -2.38. The number of likely N-dealkylation sites (tertiary alicyclic amines) is 2. The molecular weight excluding hydrogens is 314 g/mol. The van der Waals surface area contributed by atoms with Crippen LogP contribution in [0, 0.1) is 11.8 Å². The number of carbonyl (C=O) groups is 2. The highest BCUT2D eigenvalue weighted by atomic mass is 16.2. The number of carbonyl (C=O) groups excluding carboxylic acids is 2. The first-order valence-corrected chi connectivity index (χ1v) is 10.4. The molecule has 2 aliphatic heterocycles. The second-order valence-electron chi connectivity index (χ2n) is 8.42. The molecule has 1 saturated carbocycles. The molecule has 4 atom stereocenters. The third kappa shape index (κ3) is 4.55. The molecule has 142 valence electrons. The number of hydrogen-bond donors (Lipinski definition) is 1. The summed E-state index contributed by atoms with van der Waals surface area (Å²) in [5.41, 5.74) is 0. The molecule has 3 rings (SSSR count). The molecule has 0 aromatic heterocycles. The zero-order valence-electron chi connectivity index (χ0n) is 16.0. The maximum atomic E-state index is 12.7. The molecule has 2 heterocycles. The summed E-state index contributed by atoms with van der Waals surface area (Å²) in [5.74, 6) is 1.12. The Balaban J connectivity index is 1.52. The fraction of sp³-hybridized carbons (Fsp3) is 0.900. The van der Waals surface area contributed by atoms with Gasteiger partial charge in [0.2, 0.25) is 11.8 Å². The fourth-order valence-electron chi connectivity index (χ4n) is 4.76. The number of nitrogens with one attached hydrogen (secondary N) is 1. The molecule has 2 amide bonds. The Labute approximate surface area is 152 Å². The largest absolute Gasteiger partial charge is 0.352 e. The van der Waals surface area contributed by atoms with Crippen LogP contribution in [-0.2, 0) is 9.59 Å². The average Bonchev–Trinajstić information content (AvgIpc) is 3.17. The van der Waals surface area contributed by atoms with E-state index in [4.69, 9.17) is 0 Å². The van der Waals surface area contributed by atoms with Gasteiger partial charge in [-0.2, -0.15) is 0 Å². The van der Waals surface area contributed by atoms with Gasteiger partial charge in [0, 0.05) is 25.7 Å². The lowest BCUT2D eigenvalue weighted by atomic mass is 9.86. The molecule has 0 bridgehead atoms. The van der Waals surface area contributed by atoms with E-state index in [-0.39, 0.29) is 17.9 Å². The molecule has 1 aliphatic carbocycles. The average molecular weight is 350 g/mol. The van der Waals surface area contributed by atoms with Gasteiger partial charge in [-0.15, -0.1) is 0 Å². The van der Waals surface area contributed by atoms with Gasteiger partial charge in [-0.05, 0) is 57.9 Å². The topological polar surface area (TPSA) is 52.7 Å². The summed E-state index contributed by atoms with van der Waals surface area (Å²) in [5, 5.41) is 3.29. The molecule has 25 heavy (non-hydrogen) atoms. The maximum Gasteiger partial charge on any atom is 0.237 e. The lowest BCUT2D eigenvalue weighted by molar-refractivity contribution is -0.138.